The molecule has 118 valence electrons. The van der Waals surface area contributed by atoms with Crippen molar-refractivity contribution >= 4 is 27.8 Å². The third-order valence-corrected chi connectivity index (χ3v) is 5.82. The van der Waals surface area contributed by atoms with Crippen LogP contribution in [0.4, 0.5) is 35.9 Å². The Hall–Kier alpha value is -1.53. The van der Waals surface area contributed by atoms with Crippen LogP contribution in [0.1, 0.15) is 0 Å². The van der Waals surface area contributed by atoms with Crippen molar-refractivity contribution in [1.82, 2.24) is 0 Å². The first-order valence-corrected chi connectivity index (χ1v) is 8.07. The number of hydrogen-bond donors (Lipinski definition) is 0. The van der Waals surface area contributed by atoms with Crippen LogP contribution in [0.15, 0.2) is 30.3 Å². The first kappa shape index (κ1) is 17.5. The predicted octanol–water partition coefficient (Wildman–Crippen LogP) is 4.68. The van der Waals surface area contributed by atoms with Crippen LogP contribution in [0.5, 0.6) is 0 Å². The molecular formula is C10H5F6IO4. The van der Waals surface area contributed by atoms with Gasteiger partial charge in [-0.25, -0.2) is 0 Å². The van der Waals surface area contributed by atoms with Gasteiger partial charge in [0, 0.05) is 0 Å². The first-order valence-electron chi connectivity index (χ1n) is 4.84. The molecule has 0 spiro atoms. The normalized spacial score (nSPS) is 12.6. The van der Waals surface area contributed by atoms with Crippen LogP contribution in [-0.2, 0) is 9.47 Å². The molecule has 0 aliphatic rings. The topological polar surface area (TPSA) is 52.6 Å². The maximum atomic E-state index is 12.0. The van der Waals surface area contributed by atoms with E-state index in [9.17, 15) is 35.9 Å². The van der Waals surface area contributed by atoms with Gasteiger partial charge in [-0.05, 0) is 0 Å². The molecule has 1 aromatic carbocycles. The molecule has 0 aliphatic carbocycles. The summed E-state index contributed by atoms with van der Waals surface area (Å²) in [4.78, 5) is 22.7. The molecule has 21 heavy (non-hydrogen) atoms. The van der Waals surface area contributed by atoms with Crippen LogP contribution in [0, 0.1) is 3.57 Å². The Balaban J connectivity index is 3.07. The second-order valence-electron chi connectivity index (χ2n) is 3.15. The van der Waals surface area contributed by atoms with Crippen molar-refractivity contribution < 1.29 is 45.4 Å². The van der Waals surface area contributed by atoms with Crippen LogP contribution in [0.2, 0.25) is 0 Å². The van der Waals surface area contributed by atoms with Crippen LogP contribution in [-0.4, -0.2) is 20.7 Å². The van der Waals surface area contributed by atoms with E-state index in [2.05, 4.69) is 9.47 Å². The Bertz CT molecular complexity index is 485. The van der Waals surface area contributed by atoms with Crippen molar-refractivity contribution in [2.75, 3.05) is 0 Å². The minimum absolute atomic E-state index is 0.273. The summed E-state index contributed by atoms with van der Waals surface area (Å²) >= 11 is -4.35. The summed E-state index contributed by atoms with van der Waals surface area (Å²) < 4.78 is 73.7. The summed E-state index contributed by atoms with van der Waals surface area (Å²) in [6, 6.07) is 6.02. The van der Waals surface area contributed by atoms with Crippen molar-refractivity contribution in [2.45, 2.75) is 12.7 Å². The molecule has 4 nitrogen and oxygen atoms in total. The fourth-order valence-electron chi connectivity index (χ4n) is 1.04. The van der Waals surface area contributed by atoms with Crippen LogP contribution in [0.3, 0.4) is 0 Å². The molecule has 0 amide bonds. The van der Waals surface area contributed by atoms with Crippen LogP contribution in [0.25, 0.3) is 0 Å². The van der Waals surface area contributed by atoms with Gasteiger partial charge in [0.1, 0.15) is 0 Å². The van der Waals surface area contributed by atoms with E-state index in [4.69, 9.17) is 0 Å². The van der Waals surface area contributed by atoms with Crippen molar-refractivity contribution in [3.63, 3.8) is 0 Å². The summed E-state index contributed by atoms with van der Waals surface area (Å²) in [5.74, 6) is 0. The molecular weight excluding hydrogens is 425 g/mol. The number of benzene rings is 1. The Morgan fingerprint density at radius 1 is 0.810 bits per heavy atom. The summed E-state index contributed by atoms with van der Waals surface area (Å²) in [5, 5.41) is 0. The summed E-state index contributed by atoms with van der Waals surface area (Å²) in [5.41, 5.74) is 0. The van der Waals surface area contributed by atoms with Gasteiger partial charge in [0.05, 0.1) is 0 Å². The summed E-state index contributed by atoms with van der Waals surface area (Å²) in [7, 11) is 0. The Labute approximate surface area is 120 Å². The third-order valence-electron chi connectivity index (χ3n) is 1.65. The molecule has 0 aliphatic heterocycles. The van der Waals surface area contributed by atoms with Gasteiger partial charge >= 0.3 is 120 Å². The van der Waals surface area contributed by atoms with E-state index < -0.39 is 40.5 Å². The zero-order chi connectivity index (χ0) is 16.3. The molecule has 0 fully saturated rings. The molecule has 0 N–H and O–H groups in total. The van der Waals surface area contributed by atoms with Gasteiger partial charge in [-0.2, -0.15) is 0 Å². The van der Waals surface area contributed by atoms with Gasteiger partial charge in [0.25, 0.3) is 0 Å². The number of ether oxygens (including phenoxy) is 2. The van der Waals surface area contributed by atoms with E-state index in [1.54, 1.807) is 0 Å². The molecule has 0 radical (unpaired) electrons. The van der Waals surface area contributed by atoms with Crippen molar-refractivity contribution in [2.24, 2.45) is 0 Å². The molecule has 0 heterocycles. The SMILES string of the molecule is O=C(OC(F)(F)F)I(C(=O)OC(F)(F)F)c1ccccc1. The van der Waals surface area contributed by atoms with E-state index >= 15 is 0 Å². The van der Waals surface area contributed by atoms with Crippen molar-refractivity contribution in [3.8, 4) is 0 Å². The Morgan fingerprint density at radius 2 is 1.19 bits per heavy atom. The van der Waals surface area contributed by atoms with Gasteiger partial charge < -0.3 is 0 Å². The minimum atomic E-state index is -5.40. The molecule has 0 unspecified atom stereocenters. The molecule has 11 heteroatoms. The van der Waals surface area contributed by atoms with E-state index in [-0.39, 0.29) is 3.57 Å². The van der Waals surface area contributed by atoms with E-state index in [0.717, 1.165) is 12.1 Å². The average Bonchev–Trinajstić information content (AvgIpc) is 2.25. The molecule has 0 saturated carbocycles. The Morgan fingerprint density at radius 3 is 1.52 bits per heavy atom. The van der Waals surface area contributed by atoms with Gasteiger partial charge in [-0.3, -0.25) is 0 Å². The Kier molecular flexibility index (Phi) is 5.42. The number of hydrogen-bond acceptors (Lipinski definition) is 4. The van der Waals surface area contributed by atoms with Gasteiger partial charge in [-0.15, -0.1) is 0 Å². The quantitative estimate of drug-likeness (QED) is 0.398. The predicted molar refractivity (Wildman–Crippen MR) is 64.2 cm³/mol. The van der Waals surface area contributed by atoms with Gasteiger partial charge in [0.2, 0.25) is 0 Å². The number of halogens is 7. The number of rotatable bonds is 3. The molecule has 1 aromatic rings. The fraction of sp³-hybridized carbons (Fsp3) is 0.200. The third kappa shape index (κ3) is 6.18. The standard InChI is InChI=1S/C10H5F6IO4/c11-9(12,13)20-7(18)17(6-4-2-1-3-5-6)8(19)21-10(14,15)16/h1-5H. The average molecular weight is 430 g/mol. The van der Waals surface area contributed by atoms with Crippen molar-refractivity contribution in [3.05, 3.63) is 33.9 Å². The van der Waals surface area contributed by atoms with E-state index in [0.29, 0.717) is 0 Å². The van der Waals surface area contributed by atoms with Crippen LogP contribution >= 0.6 is 19.8 Å². The maximum absolute atomic E-state index is 12.0. The van der Waals surface area contributed by atoms with E-state index in [1.165, 1.54) is 18.2 Å². The van der Waals surface area contributed by atoms with E-state index in [1.807, 2.05) is 0 Å². The summed E-state index contributed by atoms with van der Waals surface area (Å²) in [6.45, 7) is 0. The zero-order valence-electron chi connectivity index (χ0n) is 9.67. The number of carbonyl (C=O) groups is 2. The molecule has 0 aromatic heterocycles. The number of alkyl halides is 6. The van der Waals surface area contributed by atoms with Gasteiger partial charge in [0.15, 0.2) is 0 Å². The molecule has 0 saturated heterocycles. The second kappa shape index (κ2) is 6.49. The molecule has 0 bridgehead atoms. The molecule has 1 rings (SSSR count). The first-order chi connectivity index (χ1) is 9.49. The number of carbonyl (C=O) groups excluding carboxylic acids is 2. The second-order valence-corrected chi connectivity index (χ2v) is 7.78. The summed E-state index contributed by atoms with van der Waals surface area (Å²) in [6.07, 6.45) is -10.8. The molecule has 0 atom stereocenters. The monoisotopic (exact) mass is 430 g/mol. The zero-order valence-corrected chi connectivity index (χ0v) is 11.8. The van der Waals surface area contributed by atoms with Gasteiger partial charge in [-0.1, -0.05) is 0 Å². The van der Waals surface area contributed by atoms with Crippen molar-refractivity contribution in [1.29, 1.82) is 0 Å². The van der Waals surface area contributed by atoms with Crippen LogP contribution < -0.4 is 0 Å². The fourth-order valence-corrected chi connectivity index (χ4v) is 4.49.